The molecule has 142 valence electrons. The van der Waals surface area contributed by atoms with E-state index in [0.717, 1.165) is 17.2 Å². The maximum atomic E-state index is 11.2. The van der Waals surface area contributed by atoms with E-state index in [0.29, 0.717) is 12.1 Å². The van der Waals surface area contributed by atoms with Crippen molar-refractivity contribution in [3.8, 4) is 0 Å². The fraction of sp³-hybridized carbons (Fsp3) is 0.250. The molecule has 0 aromatic heterocycles. The molecule has 0 saturated carbocycles. The largest absolute Gasteiger partial charge is 1.00 e. The van der Waals surface area contributed by atoms with E-state index >= 15 is 0 Å². The van der Waals surface area contributed by atoms with Gasteiger partial charge < -0.3 is 29.7 Å². The number of aromatic carboxylic acids is 2. The molecular weight excluding hydrogens is 419 g/mol. The molecule has 0 radical (unpaired) electrons. The summed E-state index contributed by atoms with van der Waals surface area (Å²) in [5, 5.41) is 33.1. The van der Waals surface area contributed by atoms with Gasteiger partial charge in [0, 0.05) is 36.7 Å². The molecule has 2 rings (SSSR count). The zero-order valence-corrected chi connectivity index (χ0v) is 23.8. The topological polar surface area (TPSA) is 124 Å². The van der Waals surface area contributed by atoms with E-state index in [9.17, 15) is 29.7 Å². The first kappa shape index (κ1) is 32.0. The van der Waals surface area contributed by atoms with Gasteiger partial charge in [-0.25, -0.2) is 0 Å². The van der Waals surface area contributed by atoms with Crippen molar-refractivity contribution in [1.29, 1.82) is 0 Å². The van der Waals surface area contributed by atoms with Crippen LogP contribution in [0.1, 0.15) is 43.8 Å². The van der Waals surface area contributed by atoms with Gasteiger partial charge in [-0.15, -0.1) is 0 Å². The molecule has 0 aliphatic heterocycles. The number of carboxylic acid groups (broad SMARTS) is 3. The molecule has 10 heteroatoms. The Morgan fingerprint density at radius 1 is 0.800 bits per heavy atom. The van der Waals surface area contributed by atoms with E-state index < -0.39 is 29.0 Å². The van der Waals surface area contributed by atoms with Crippen LogP contribution in [-0.4, -0.2) is 29.4 Å². The van der Waals surface area contributed by atoms with Crippen molar-refractivity contribution < 1.29 is 118 Å². The third-order valence-corrected chi connectivity index (χ3v) is 4.05. The molecule has 7 nitrogen and oxygen atoms in total. The van der Waals surface area contributed by atoms with Gasteiger partial charge in [0.15, 0.2) is 0 Å². The van der Waals surface area contributed by atoms with E-state index in [1.54, 1.807) is 0 Å². The number of carbonyl (C=O) groups is 3. The minimum absolute atomic E-state index is 0. The second kappa shape index (κ2) is 15.6. The van der Waals surface area contributed by atoms with Crippen LogP contribution in [-0.2, 0) is 17.9 Å². The Labute approximate surface area is 241 Å². The molecule has 0 unspecified atom stereocenters. The number of carbonyl (C=O) groups excluding carboxylic acids is 3. The van der Waals surface area contributed by atoms with Crippen LogP contribution in [0.5, 0.6) is 0 Å². The number of hydrogen-bond acceptors (Lipinski definition) is 7. The monoisotopic (exact) mass is 437 g/mol. The van der Waals surface area contributed by atoms with Crippen LogP contribution in [0.2, 0.25) is 0 Å². The van der Waals surface area contributed by atoms with Gasteiger partial charge in [-0.3, -0.25) is 4.90 Å². The summed E-state index contributed by atoms with van der Waals surface area (Å²) >= 11 is 0. The van der Waals surface area contributed by atoms with Crippen molar-refractivity contribution >= 4 is 17.9 Å². The van der Waals surface area contributed by atoms with Crippen LogP contribution in [0.25, 0.3) is 0 Å². The van der Waals surface area contributed by atoms with Crippen molar-refractivity contribution in [2.75, 3.05) is 6.54 Å². The zero-order chi connectivity index (χ0) is 20.0. The molecule has 0 atom stereocenters. The van der Waals surface area contributed by atoms with Crippen molar-refractivity contribution in [2.24, 2.45) is 0 Å². The van der Waals surface area contributed by atoms with Gasteiger partial charge in [0.25, 0.3) is 0 Å². The van der Waals surface area contributed by atoms with Crippen molar-refractivity contribution in [3.63, 3.8) is 0 Å². The number of benzene rings is 2. The minimum atomic E-state index is -1.61. The summed E-state index contributed by atoms with van der Waals surface area (Å²) in [6.07, 6.45) is -0.184. The molecular formula is C20H18NNa3O6. The second-order valence-electron chi connectivity index (χ2n) is 6.28. The van der Waals surface area contributed by atoms with E-state index in [1.165, 1.54) is 12.1 Å². The fourth-order valence-corrected chi connectivity index (χ4v) is 2.83. The molecule has 0 aliphatic rings. The molecule has 0 saturated heterocycles. The van der Waals surface area contributed by atoms with Crippen LogP contribution in [0.4, 0.5) is 0 Å². The summed E-state index contributed by atoms with van der Waals surface area (Å²) in [6.45, 7) is 2.81. The quantitative estimate of drug-likeness (QED) is 0.357. The van der Waals surface area contributed by atoms with Crippen LogP contribution in [0.15, 0.2) is 42.5 Å². The average molecular weight is 437 g/mol. The molecule has 0 amide bonds. The molecule has 0 spiro atoms. The minimum Gasteiger partial charge on any atom is -0.550 e. The van der Waals surface area contributed by atoms with E-state index in [-0.39, 0.29) is 108 Å². The van der Waals surface area contributed by atoms with Gasteiger partial charge in [0.05, 0.1) is 11.9 Å². The fourth-order valence-electron chi connectivity index (χ4n) is 2.83. The summed E-state index contributed by atoms with van der Waals surface area (Å²) in [6, 6.07) is 11.6. The first-order valence-corrected chi connectivity index (χ1v) is 8.29. The predicted molar refractivity (Wildman–Crippen MR) is 90.0 cm³/mol. The Hall–Kier alpha value is -0.190. The van der Waals surface area contributed by atoms with E-state index in [4.69, 9.17) is 0 Å². The first-order valence-electron chi connectivity index (χ1n) is 8.29. The van der Waals surface area contributed by atoms with Gasteiger partial charge >= 0.3 is 88.7 Å². The smallest absolute Gasteiger partial charge is 0.550 e. The zero-order valence-electron chi connectivity index (χ0n) is 17.8. The molecule has 2 aromatic carbocycles. The standard InChI is InChI=1S/C20H21NO6.3Na/c1-13-3-2-4-14(9-13)11-21(8-7-18(22)23)12-15-5-6-16(19(24)25)17(10-15)20(26)27;;;/h2-6,9-10H,7-8,11-12H2,1H3,(H,22,23)(H,24,25)(H,26,27);;;/q;3*+1/p-3. The second-order valence-corrected chi connectivity index (χ2v) is 6.28. The molecule has 0 aliphatic carbocycles. The maximum absolute atomic E-state index is 11.2. The third-order valence-electron chi connectivity index (χ3n) is 4.05. The Bertz CT molecular complexity index is 875. The van der Waals surface area contributed by atoms with Crippen LogP contribution in [0, 0.1) is 6.92 Å². The number of nitrogens with zero attached hydrogens (tertiary/aromatic N) is 1. The Morgan fingerprint density at radius 3 is 1.87 bits per heavy atom. The van der Waals surface area contributed by atoms with E-state index in [1.807, 2.05) is 36.1 Å². The Balaban J connectivity index is 0. The Morgan fingerprint density at radius 2 is 1.37 bits per heavy atom. The Kier molecular flexibility index (Phi) is 16.6. The maximum Gasteiger partial charge on any atom is 1.00 e. The van der Waals surface area contributed by atoms with Gasteiger partial charge in [-0.05, 0) is 30.5 Å². The van der Waals surface area contributed by atoms with Gasteiger partial charge in [0.2, 0.25) is 0 Å². The summed E-state index contributed by atoms with van der Waals surface area (Å²) < 4.78 is 0. The molecule has 0 bridgehead atoms. The van der Waals surface area contributed by atoms with Crippen molar-refractivity contribution in [2.45, 2.75) is 26.4 Å². The summed E-state index contributed by atoms with van der Waals surface area (Å²) in [5.74, 6) is -4.41. The number of carboxylic acids is 3. The van der Waals surface area contributed by atoms with Gasteiger partial charge in [-0.1, -0.05) is 42.0 Å². The number of hydrogen-bond donors (Lipinski definition) is 0. The summed E-state index contributed by atoms with van der Waals surface area (Å²) in [4.78, 5) is 34.9. The molecule has 2 aromatic rings. The first-order chi connectivity index (χ1) is 12.8. The number of aliphatic carboxylic acids is 1. The van der Waals surface area contributed by atoms with Crippen LogP contribution in [0.3, 0.4) is 0 Å². The summed E-state index contributed by atoms with van der Waals surface area (Å²) in [5.41, 5.74) is 1.62. The van der Waals surface area contributed by atoms with Crippen molar-refractivity contribution in [3.05, 3.63) is 70.3 Å². The molecule has 0 fully saturated rings. The van der Waals surface area contributed by atoms with Gasteiger partial charge in [0.1, 0.15) is 0 Å². The number of rotatable bonds is 9. The predicted octanol–water partition coefficient (Wildman–Crippen LogP) is -10.1. The average Bonchev–Trinajstić information content (AvgIpc) is 2.59. The molecule has 0 N–H and O–H groups in total. The van der Waals surface area contributed by atoms with Crippen molar-refractivity contribution in [1.82, 2.24) is 4.90 Å². The third kappa shape index (κ3) is 10.4. The number of aryl methyl sites for hydroxylation is 1. The summed E-state index contributed by atoms with van der Waals surface area (Å²) in [7, 11) is 0. The SMILES string of the molecule is Cc1cccc(CN(CCC(=O)[O-])Cc2ccc(C(=O)[O-])c(C(=O)[O-])c2)c1.[Na+].[Na+].[Na+]. The van der Waals surface area contributed by atoms with Crippen LogP contribution < -0.4 is 104 Å². The molecule has 30 heavy (non-hydrogen) atoms. The molecule has 0 heterocycles. The van der Waals surface area contributed by atoms with Gasteiger partial charge in [-0.2, -0.15) is 0 Å². The van der Waals surface area contributed by atoms with E-state index in [2.05, 4.69) is 0 Å². The normalized spacial score (nSPS) is 9.67. The van der Waals surface area contributed by atoms with Crippen LogP contribution >= 0.6 is 0 Å².